The van der Waals surface area contributed by atoms with Crippen LogP contribution in [0.1, 0.15) is 10.4 Å². The lowest BCUT2D eigenvalue weighted by atomic mass is 9.99. The number of aliphatic hydroxyl groups excluding tert-OH is 7. The highest BCUT2D eigenvalue weighted by molar-refractivity contribution is 5.91. The Hall–Kier alpha value is -4.44. The molecule has 2 saturated heterocycles. The van der Waals surface area contributed by atoms with Crippen molar-refractivity contribution < 1.29 is 88.0 Å². The Labute approximate surface area is 281 Å². The fraction of sp³-hybridized carbons (Fsp3) is 0.484. The summed E-state index contributed by atoms with van der Waals surface area (Å²) >= 11 is 0. The van der Waals surface area contributed by atoms with Gasteiger partial charge >= 0.3 is 11.6 Å². The van der Waals surface area contributed by atoms with Crippen LogP contribution in [0.15, 0.2) is 39.5 Å². The number of carbonyl (C=O) groups excluding carboxylic acids is 1. The van der Waals surface area contributed by atoms with Crippen molar-refractivity contribution in [1.82, 2.24) is 0 Å². The zero-order valence-electron chi connectivity index (χ0n) is 26.6. The summed E-state index contributed by atoms with van der Waals surface area (Å²) in [6.45, 7) is -1.41. The molecule has 2 fully saturated rings. The van der Waals surface area contributed by atoms with Crippen molar-refractivity contribution in [2.75, 3.05) is 34.5 Å². The van der Waals surface area contributed by atoms with Crippen LogP contribution in [0.4, 0.5) is 0 Å². The first-order valence-corrected chi connectivity index (χ1v) is 14.9. The van der Waals surface area contributed by atoms with Crippen LogP contribution in [0.3, 0.4) is 0 Å². The van der Waals surface area contributed by atoms with Crippen LogP contribution in [0.2, 0.25) is 0 Å². The zero-order chi connectivity index (χ0) is 36.4. The fourth-order valence-electron chi connectivity index (χ4n) is 5.32. The van der Waals surface area contributed by atoms with Crippen LogP contribution in [0, 0.1) is 0 Å². The van der Waals surface area contributed by atoms with Gasteiger partial charge in [0.25, 0.3) is 0 Å². The van der Waals surface area contributed by atoms with Crippen LogP contribution in [0.25, 0.3) is 11.0 Å². The largest absolute Gasteiger partial charge is 0.502 e. The highest BCUT2D eigenvalue weighted by Crippen LogP contribution is 2.44. The number of aromatic hydroxyl groups is 1. The maximum atomic E-state index is 13.2. The van der Waals surface area contributed by atoms with Gasteiger partial charge in [0.15, 0.2) is 22.8 Å². The first-order valence-electron chi connectivity index (χ1n) is 14.9. The molecule has 0 amide bonds. The lowest BCUT2D eigenvalue weighted by Gasteiger charge is -2.40. The van der Waals surface area contributed by atoms with Crippen molar-refractivity contribution in [3.63, 3.8) is 0 Å². The summed E-state index contributed by atoms with van der Waals surface area (Å²) in [5.41, 5.74) is -1.21. The van der Waals surface area contributed by atoms with Gasteiger partial charge in [0, 0.05) is 11.5 Å². The molecular weight excluding hydrogens is 676 g/mol. The van der Waals surface area contributed by atoms with Gasteiger partial charge in [-0.15, -0.1) is 0 Å². The molecule has 2 aromatic carbocycles. The quantitative estimate of drug-likeness (QED) is 0.0769. The molecule has 2 aliphatic rings. The van der Waals surface area contributed by atoms with E-state index in [0.29, 0.717) is 0 Å². The van der Waals surface area contributed by atoms with Gasteiger partial charge in [0.1, 0.15) is 55.4 Å². The SMILES string of the molecule is COc1cc2ccc(=O)oc2c(O[C@@H]2O[C@H](COC(=O)c3cc(OC)c(O[C@@H]4O[C@H](CO)[C@@H](O)[C@H](O)[C@H]4O)c(OC)c3)[C@@H](O)[C@H](O)[C@H]2O)c1O. The van der Waals surface area contributed by atoms with Crippen LogP contribution in [-0.2, 0) is 14.2 Å². The minimum absolute atomic E-state index is 0.0897. The lowest BCUT2D eigenvalue weighted by molar-refractivity contribution is -0.277. The van der Waals surface area contributed by atoms with Gasteiger partial charge in [0.2, 0.25) is 29.8 Å². The summed E-state index contributed by atoms with van der Waals surface area (Å²) in [5.74, 6) is -2.68. The molecule has 0 bridgehead atoms. The van der Waals surface area contributed by atoms with E-state index < -0.39 is 97.7 Å². The maximum Gasteiger partial charge on any atom is 0.338 e. The molecule has 1 aromatic heterocycles. The van der Waals surface area contributed by atoms with Gasteiger partial charge in [-0.2, -0.15) is 0 Å². The lowest BCUT2D eigenvalue weighted by Crippen LogP contribution is -2.60. The van der Waals surface area contributed by atoms with Gasteiger partial charge in [-0.05, 0) is 24.3 Å². The van der Waals surface area contributed by atoms with E-state index >= 15 is 0 Å². The van der Waals surface area contributed by atoms with Crippen LogP contribution < -0.4 is 29.3 Å². The molecule has 0 aliphatic carbocycles. The van der Waals surface area contributed by atoms with Crippen molar-refractivity contribution in [3.05, 3.63) is 46.3 Å². The predicted octanol–water partition coefficient (Wildman–Crippen LogP) is -2.25. The third kappa shape index (κ3) is 7.08. The Balaban J connectivity index is 1.33. The standard InChI is InChI=1S/C31H36O19/c1-42-13-6-11-4-5-18(33)48-26(11)28(21(13)36)50-31-25(40)23(38)20(35)17(47-31)10-45-29(41)12-7-14(43-2)27(15(8-12)44-3)49-30-24(39)22(37)19(34)16(9-32)46-30/h4-8,16-17,19-20,22-25,30-32,34-40H,9-10H2,1-3H3/t16-,17-,19-,20-,22+,23+,24-,25-,30+,31+/m1/s1. The third-order valence-corrected chi connectivity index (χ3v) is 8.08. The Morgan fingerprint density at radius 2 is 1.26 bits per heavy atom. The Morgan fingerprint density at radius 3 is 1.82 bits per heavy atom. The zero-order valence-corrected chi connectivity index (χ0v) is 26.6. The fourth-order valence-corrected chi connectivity index (χ4v) is 5.32. The van der Waals surface area contributed by atoms with Crippen LogP contribution >= 0.6 is 0 Å². The van der Waals surface area contributed by atoms with Gasteiger partial charge < -0.3 is 83.2 Å². The number of phenols is 1. The predicted molar refractivity (Wildman–Crippen MR) is 162 cm³/mol. The van der Waals surface area contributed by atoms with Crippen LogP contribution in [-0.4, -0.2) is 143 Å². The maximum absolute atomic E-state index is 13.2. The molecule has 8 N–H and O–H groups in total. The normalized spacial score (nSPS) is 29.6. The molecule has 2 aliphatic heterocycles. The number of rotatable bonds is 11. The molecule has 10 atom stereocenters. The smallest absolute Gasteiger partial charge is 0.338 e. The minimum Gasteiger partial charge on any atom is -0.502 e. The molecule has 19 heteroatoms. The second-order valence-corrected chi connectivity index (χ2v) is 11.2. The van der Waals surface area contributed by atoms with E-state index in [1.807, 2.05) is 0 Å². The molecule has 274 valence electrons. The van der Waals surface area contributed by atoms with Crippen molar-refractivity contribution in [3.8, 4) is 34.5 Å². The number of methoxy groups -OCH3 is 3. The summed E-state index contributed by atoms with van der Waals surface area (Å²) in [4.78, 5) is 25.1. The summed E-state index contributed by atoms with van der Waals surface area (Å²) in [7, 11) is 3.70. The highest BCUT2D eigenvalue weighted by atomic mass is 16.7. The molecule has 0 unspecified atom stereocenters. The number of phenolic OH excluding ortho intramolecular Hbond substituents is 1. The van der Waals surface area contributed by atoms with E-state index in [1.165, 1.54) is 33.5 Å². The van der Waals surface area contributed by atoms with E-state index in [2.05, 4.69) is 0 Å². The Kier molecular flexibility index (Phi) is 11.2. The molecular formula is C31H36O19. The molecule has 0 saturated carbocycles. The van der Waals surface area contributed by atoms with E-state index in [9.17, 15) is 50.4 Å². The Morgan fingerprint density at radius 1 is 0.720 bits per heavy atom. The van der Waals surface area contributed by atoms with Gasteiger partial charge in [0.05, 0.1) is 33.5 Å². The molecule has 3 aromatic rings. The summed E-state index contributed by atoms with van der Waals surface area (Å²) in [6.07, 6.45) is -16.9. The molecule has 5 rings (SSSR count). The van der Waals surface area contributed by atoms with E-state index in [-0.39, 0.29) is 39.5 Å². The van der Waals surface area contributed by atoms with Gasteiger partial charge in [-0.25, -0.2) is 9.59 Å². The van der Waals surface area contributed by atoms with Crippen molar-refractivity contribution in [2.24, 2.45) is 0 Å². The second-order valence-electron chi connectivity index (χ2n) is 11.2. The number of hydrogen-bond donors (Lipinski definition) is 8. The number of carbonyl (C=O) groups is 1. The van der Waals surface area contributed by atoms with Gasteiger partial charge in [-0.3, -0.25) is 0 Å². The summed E-state index contributed by atoms with van der Waals surface area (Å²) in [6, 6.07) is 6.17. The summed E-state index contributed by atoms with van der Waals surface area (Å²) in [5, 5.41) is 82.9. The first-order chi connectivity index (χ1) is 23.8. The first kappa shape index (κ1) is 36.8. The second kappa shape index (κ2) is 15.2. The van der Waals surface area contributed by atoms with Crippen molar-refractivity contribution in [1.29, 1.82) is 0 Å². The van der Waals surface area contributed by atoms with Crippen LogP contribution in [0.5, 0.6) is 34.5 Å². The molecule has 0 spiro atoms. The number of hydrogen-bond acceptors (Lipinski definition) is 19. The molecule has 3 heterocycles. The highest BCUT2D eigenvalue weighted by Gasteiger charge is 2.47. The topological polar surface area (TPSA) is 283 Å². The van der Waals surface area contributed by atoms with Gasteiger partial charge in [-0.1, -0.05) is 0 Å². The molecule has 50 heavy (non-hydrogen) atoms. The average Bonchev–Trinajstić information content (AvgIpc) is 3.12. The minimum atomic E-state index is -1.90. The summed E-state index contributed by atoms with van der Waals surface area (Å²) < 4.78 is 48.6. The van der Waals surface area contributed by atoms with Crippen molar-refractivity contribution >= 4 is 16.9 Å². The number of ether oxygens (including phenoxy) is 8. The molecule has 19 nitrogen and oxygen atoms in total. The number of esters is 1. The number of fused-ring (bicyclic) bond motifs is 1. The monoisotopic (exact) mass is 712 g/mol. The molecule has 0 radical (unpaired) electrons. The van der Waals surface area contributed by atoms with E-state index in [1.54, 1.807) is 0 Å². The average molecular weight is 713 g/mol. The van der Waals surface area contributed by atoms with E-state index in [0.717, 1.165) is 18.2 Å². The van der Waals surface area contributed by atoms with E-state index in [4.69, 9.17) is 42.3 Å². The van der Waals surface area contributed by atoms with Crippen molar-refractivity contribution in [2.45, 2.75) is 61.4 Å². The number of benzene rings is 2. The number of aliphatic hydroxyl groups is 7. The third-order valence-electron chi connectivity index (χ3n) is 8.08. The Bertz CT molecular complexity index is 1700.